The predicted molar refractivity (Wildman–Crippen MR) is 64.8 cm³/mol. The Bertz CT molecular complexity index is 496. The summed E-state index contributed by atoms with van der Waals surface area (Å²) in [5.41, 5.74) is 3.77. The molecule has 0 aromatic heterocycles. The van der Waals surface area contributed by atoms with Crippen molar-refractivity contribution in [3.8, 4) is 0 Å². The van der Waals surface area contributed by atoms with E-state index < -0.39 is 10.2 Å². The van der Waals surface area contributed by atoms with Crippen LogP contribution in [0.2, 0.25) is 0 Å². The fourth-order valence-corrected chi connectivity index (χ4v) is 3.09. The van der Waals surface area contributed by atoms with Crippen molar-refractivity contribution in [1.82, 2.24) is 4.31 Å². The summed E-state index contributed by atoms with van der Waals surface area (Å²) in [7, 11) is -3.31. The first kappa shape index (κ1) is 11.4. The highest BCUT2D eigenvalue weighted by Crippen LogP contribution is 2.25. The lowest BCUT2D eigenvalue weighted by Gasteiger charge is -2.14. The molecule has 1 aromatic carbocycles. The second kappa shape index (κ2) is 3.75. The van der Waals surface area contributed by atoms with Crippen molar-refractivity contribution in [2.24, 2.45) is 0 Å². The van der Waals surface area contributed by atoms with Crippen molar-refractivity contribution < 1.29 is 8.42 Å². The summed E-state index contributed by atoms with van der Waals surface area (Å²) >= 11 is 0. The van der Waals surface area contributed by atoms with E-state index in [9.17, 15) is 8.42 Å². The molecule has 1 aliphatic rings. The number of hydrogen-bond acceptors (Lipinski definition) is 2. The molecule has 88 valence electrons. The highest BCUT2D eigenvalue weighted by molar-refractivity contribution is 7.90. The molecule has 1 aliphatic heterocycles. The minimum Gasteiger partial charge on any atom is -0.270 e. The van der Waals surface area contributed by atoms with Gasteiger partial charge < -0.3 is 0 Å². The molecule has 0 bridgehead atoms. The molecule has 0 aliphatic carbocycles. The number of rotatable bonds is 3. The molecule has 1 N–H and O–H groups in total. The standard InChI is InChI=1S/C11H16N2O2S/c1-8-6-9(2)11(10(3)7-8)12-16(14,15)13-4-5-13/h6-7,12H,4-5H2,1-3H3. The molecule has 5 heteroatoms. The van der Waals surface area contributed by atoms with Gasteiger partial charge in [0.15, 0.2) is 0 Å². The number of nitrogens with one attached hydrogen (secondary N) is 1. The summed E-state index contributed by atoms with van der Waals surface area (Å²) in [6.07, 6.45) is 0. The van der Waals surface area contributed by atoms with Gasteiger partial charge in [-0.05, 0) is 31.9 Å². The van der Waals surface area contributed by atoms with Crippen LogP contribution in [0.5, 0.6) is 0 Å². The van der Waals surface area contributed by atoms with Gasteiger partial charge in [0.05, 0.1) is 5.69 Å². The minimum absolute atomic E-state index is 0.624. The molecule has 0 radical (unpaired) electrons. The van der Waals surface area contributed by atoms with Crippen molar-refractivity contribution in [2.45, 2.75) is 20.8 Å². The average molecular weight is 240 g/mol. The van der Waals surface area contributed by atoms with E-state index >= 15 is 0 Å². The van der Waals surface area contributed by atoms with E-state index in [1.165, 1.54) is 4.31 Å². The summed E-state index contributed by atoms with van der Waals surface area (Å²) in [6, 6.07) is 3.96. The molecule has 16 heavy (non-hydrogen) atoms. The van der Waals surface area contributed by atoms with E-state index in [4.69, 9.17) is 0 Å². The van der Waals surface area contributed by atoms with Gasteiger partial charge in [0.1, 0.15) is 0 Å². The van der Waals surface area contributed by atoms with E-state index in [2.05, 4.69) is 4.72 Å². The second-order valence-corrected chi connectivity index (χ2v) is 5.95. The molecule has 0 unspecified atom stereocenters. The van der Waals surface area contributed by atoms with E-state index in [-0.39, 0.29) is 0 Å². The maximum absolute atomic E-state index is 11.8. The van der Waals surface area contributed by atoms with E-state index in [1.807, 2.05) is 32.9 Å². The first-order valence-corrected chi connectivity index (χ1v) is 6.70. The van der Waals surface area contributed by atoms with Gasteiger partial charge in [0.2, 0.25) is 0 Å². The Labute approximate surface area is 96.5 Å². The van der Waals surface area contributed by atoms with Gasteiger partial charge in [-0.25, -0.2) is 0 Å². The lowest BCUT2D eigenvalue weighted by atomic mass is 10.1. The number of anilines is 1. The molecule has 0 spiro atoms. The van der Waals surface area contributed by atoms with E-state index in [0.717, 1.165) is 16.7 Å². The molecule has 1 heterocycles. The summed E-state index contributed by atoms with van der Waals surface area (Å²) in [5, 5.41) is 0. The maximum atomic E-state index is 11.8. The third kappa shape index (κ3) is 2.20. The fourth-order valence-electron chi connectivity index (χ4n) is 1.82. The van der Waals surface area contributed by atoms with E-state index in [1.54, 1.807) is 0 Å². The van der Waals surface area contributed by atoms with Gasteiger partial charge in [0.25, 0.3) is 0 Å². The minimum atomic E-state index is -3.31. The van der Waals surface area contributed by atoms with Crippen LogP contribution in [0.3, 0.4) is 0 Å². The van der Waals surface area contributed by atoms with Gasteiger partial charge in [0, 0.05) is 13.1 Å². The zero-order valence-corrected chi connectivity index (χ0v) is 10.6. The summed E-state index contributed by atoms with van der Waals surface area (Å²) in [6.45, 7) is 7.08. The van der Waals surface area contributed by atoms with Crippen LogP contribution in [-0.4, -0.2) is 25.8 Å². The molecule has 0 atom stereocenters. The van der Waals surface area contributed by atoms with Crippen LogP contribution in [0.15, 0.2) is 12.1 Å². The zero-order valence-electron chi connectivity index (χ0n) is 9.74. The fraction of sp³-hybridized carbons (Fsp3) is 0.455. The monoisotopic (exact) mass is 240 g/mol. The number of hydrogen-bond donors (Lipinski definition) is 1. The number of benzene rings is 1. The summed E-state index contributed by atoms with van der Waals surface area (Å²) in [5.74, 6) is 0. The highest BCUT2D eigenvalue weighted by atomic mass is 32.2. The summed E-state index contributed by atoms with van der Waals surface area (Å²) < 4.78 is 27.6. The lowest BCUT2D eigenvalue weighted by molar-refractivity contribution is 0.569. The van der Waals surface area contributed by atoms with Crippen molar-refractivity contribution in [3.63, 3.8) is 0 Å². The zero-order chi connectivity index (χ0) is 11.9. The Morgan fingerprint density at radius 2 is 1.62 bits per heavy atom. The molecule has 1 aromatic rings. The van der Waals surface area contributed by atoms with Crippen LogP contribution >= 0.6 is 0 Å². The maximum Gasteiger partial charge on any atom is 0.301 e. The molecule has 0 saturated carbocycles. The van der Waals surface area contributed by atoms with Crippen LogP contribution in [0, 0.1) is 20.8 Å². The first-order chi connectivity index (χ1) is 7.40. The van der Waals surface area contributed by atoms with Crippen LogP contribution in [0.1, 0.15) is 16.7 Å². The lowest BCUT2D eigenvalue weighted by Crippen LogP contribution is -2.22. The molecule has 2 rings (SSSR count). The molecular weight excluding hydrogens is 224 g/mol. The Balaban J connectivity index is 2.34. The molecule has 4 nitrogen and oxygen atoms in total. The largest absolute Gasteiger partial charge is 0.301 e. The van der Waals surface area contributed by atoms with Crippen LogP contribution in [0.25, 0.3) is 0 Å². The van der Waals surface area contributed by atoms with Crippen LogP contribution < -0.4 is 4.72 Å². The smallest absolute Gasteiger partial charge is 0.270 e. The topological polar surface area (TPSA) is 49.2 Å². The van der Waals surface area contributed by atoms with Crippen molar-refractivity contribution >= 4 is 15.9 Å². The van der Waals surface area contributed by atoms with Gasteiger partial charge in [-0.1, -0.05) is 17.7 Å². The third-order valence-corrected chi connectivity index (χ3v) is 4.16. The van der Waals surface area contributed by atoms with Gasteiger partial charge >= 0.3 is 10.2 Å². The van der Waals surface area contributed by atoms with Gasteiger partial charge in [-0.2, -0.15) is 12.7 Å². The first-order valence-electron chi connectivity index (χ1n) is 5.26. The van der Waals surface area contributed by atoms with Crippen LogP contribution in [-0.2, 0) is 10.2 Å². The van der Waals surface area contributed by atoms with E-state index in [0.29, 0.717) is 18.8 Å². The van der Waals surface area contributed by atoms with Crippen molar-refractivity contribution in [2.75, 3.05) is 17.8 Å². The Morgan fingerprint density at radius 1 is 1.12 bits per heavy atom. The molecule has 1 fully saturated rings. The second-order valence-electron chi connectivity index (χ2n) is 4.28. The normalized spacial score (nSPS) is 16.2. The predicted octanol–water partition coefficient (Wildman–Crippen LogP) is 1.58. The van der Waals surface area contributed by atoms with Crippen molar-refractivity contribution in [3.05, 3.63) is 28.8 Å². The molecule has 1 saturated heterocycles. The Morgan fingerprint density at radius 3 is 2.06 bits per heavy atom. The number of nitrogens with zero attached hydrogens (tertiary/aromatic N) is 1. The Kier molecular flexibility index (Phi) is 2.67. The third-order valence-electron chi connectivity index (χ3n) is 2.65. The quantitative estimate of drug-likeness (QED) is 0.816. The molecular formula is C11H16N2O2S. The van der Waals surface area contributed by atoms with Crippen LogP contribution in [0.4, 0.5) is 5.69 Å². The SMILES string of the molecule is Cc1cc(C)c(NS(=O)(=O)N2CC2)c(C)c1. The summed E-state index contributed by atoms with van der Waals surface area (Å²) in [4.78, 5) is 0. The average Bonchev–Trinajstić information content (AvgIpc) is 2.94. The Hall–Kier alpha value is -1.07. The molecule has 0 amide bonds. The van der Waals surface area contributed by atoms with Gasteiger partial charge in [-0.3, -0.25) is 4.72 Å². The van der Waals surface area contributed by atoms with Gasteiger partial charge in [-0.15, -0.1) is 0 Å². The highest BCUT2D eigenvalue weighted by Gasteiger charge is 2.32. The number of aryl methyl sites for hydroxylation is 3. The van der Waals surface area contributed by atoms with Crippen molar-refractivity contribution in [1.29, 1.82) is 0 Å².